The predicted octanol–water partition coefficient (Wildman–Crippen LogP) is 2.77. The fraction of sp³-hybridized carbons (Fsp3) is 0.176. The third kappa shape index (κ3) is 4.43. The van der Waals surface area contributed by atoms with E-state index in [-0.39, 0.29) is 29.5 Å². The second kappa shape index (κ2) is 7.92. The highest BCUT2D eigenvalue weighted by Gasteiger charge is 2.11. The molecule has 0 aliphatic heterocycles. The molecule has 2 aromatic carbocycles. The van der Waals surface area contributed by atoms with Gasteiger partial charge in [-0.3, -0.25) is 4.79 Å². The summed E-state index contributed by atoms with van der Waals surface area (Å²) >= 11 is 0. The monoisotopic (exact) mass is 331 g/mol. The SMILES string of the molecule is N#Cc1cc(F)c(NCCCNC(=O)c2cccc(O)c2)c(F)c1. The molecule has 0 atom stereocenters. The van der Waals surface area contributed by atoms with Gasteiger partial charge in [0.05, 0.1) is 11.6 Å². The number of anilines is 1. The van der Waals surface area contributed by atoms with Gasteiger partial charge in [-0.1, -0.05) is 6.07 Å². The van der Waals surface area contributed by atoms with Gasteiger partial charge in [-0.25, -0.2) is 8.78 Å². The van der Waals surface area contributed by atoms with Crippen molar-refractivity contribution in [3.05, 3.63) is 59.2 Å². The summed E-state index contributed by atoms with van der Waals surface area (Å²) in [6.07, 6.45) is 0.434. The fourth-order valence-corrected chi connectivity index (χ4v) is 2.06. The number of phenolic OH excluding ortho intramolecular Hbond substituents is 1. The van der Waals surface area contributed by atoms with Crippen LogP contribution in [0.25, 0.3) is 0 Å². The zero-order valence-corrected chi connectivity index (χ0v) is 12.6. The Morgan fingerprint density at radius 3 is 2.50 bits per heavy atom. The average molecular weight is 331 g/mol. The van der Waals surface area contributed by atoms with E-state index in [0.29, 0.717) is 18.5 Å². The Hall–Kier alpha value is -3.14. The summed E-state index contributed by atoms with van der Waals surface area (Å²) in [5, 5.41) is 23.2. The molecule has 2 rings (SSSR count). The summed E-state index contributed by atoms with van der Waals surface area (Å²) in [5.74, 6) is -2.02. The van der Waals surface area contributed by atoms with E-state index >= 15 is 0 Å². The highest BCUT2D eigenvalue weighted by molar-refractivity contribution is 5.94. The topological polar surface area (TPSA) is 85.2 Å². The van der Waals surface area contributed by atoms with Crippen LogP contribution in [0.15, 0.2) is 36.4 Å². The lowest BCUT2D eigenvalue weighted by Gasteiger charge is -2.10. The van der Waals surface area contributed by atoms with Gasteiger partial charge in [-0.2, -0.15) is 5.26 Å². The van der Waals surface area contributed by atoms with Crippen molar-refractivity contribution >= 4 is 11.6 Å². The van der Waals surface area contributed by atoms with Crippen molar-refractivity contribution < 1.29 is 18.7 Å². The molecule has 2 aromatic rings. The van der Waals surface area contributed by atoms with E-state index in [2.05, 4.69) is 10.6 Å². The van der Waals surface area contributed by atoms with Crippen molar-refractivity contribution in [2.75, 3.05) is 18.4 Å². The lowest BCUT2D eigenvalue weighted by molar-refractivity contribution is 0.0953. The van der Waals surface area contributed by atoms with Crippen LogP contribution in [0.5, 0.6) is 5.75 Å². The number of rotatable bonds is 6. The minimum Gasteiger partial charge on any atom is -0.508 e. The van der Waals surface area contributed by atoms with Crippen LogP contribution in [0.3, 0.4) is 0 Å². The molecule has 0 aliphatic carbocycles. The molecule has 0 spiro atoms. The van der Waals surface area contributed by atoms with E-state index in [1.54, 1.807) is 18.2 Å². The number of hydrogen-bond donors (Lipinski definition) is 3. The van der Waals surface area contributed by atoms with E-state index in [1.165, 1.54) is 12.1 Å². The first kappa shape index (κ1) is 17.2. The van der Waals surface area contributed by atoms with E-state index in [1.807, 2.05) is 0 Å². The number of hydrogen-bond acceptors (Lipinski definition) is 4. The maximum atomic E-state index is 13.6. The second-order valence-electron chi connectivity index (χ2n) is 5.01. The van der Waals surface area contributed by atoms with Gasteiger partial charge in [-0.15, -0.1) is 0 Å². The quantitative estimate of drug-likeness (QED) is 0.711. The van der Waals surface area contributed by atoms with Gasteiger partial charge < -0.3 is 15.7 Å². The second-order valence-corrected chi connectivity index (χ2v) is 5.01. The van der Waals surface area contributed by atoms with Crippen molar-refractivity contribution in [2.45, 2.75) is 6.42 Å². The Kier molecular flexibility index (Phi) is 5.68. The average Bonchev–Trinajstić information content (AvgIpc) is 2.56. The molecule has 5 nitrogen and oxygen atoms in total. The number of nitrogens with one attached hydrogen (secondary N) is 2. The molecule has 0 aromatic heterocycles. The van der Waals surface area contributed by atoms with Crippen molar-refractivity contribution in [1.29, 1.82) is 5.26 Å². The molecule has 0 radical (unpaired) electrons. The summed E-state index contributed by atoms with van der Waals surface area (Å²) in [5.41, 5.74) is -0.0608. The molecule has 0 saturated carbocycles. The number of carbonyl (C=O) groups is 1. The first-order valence-corrected chi connectivity index (χ1v) is 7.21. The van der Waals surface area contributed by atoms with Crippen LogP contribution < -0.4 is 10.6 Å². The maximum Gasteiger partial charge on any atom is 0.251 e. The third-order valence-electron chi connectivity index (χ3n) is 3.22. The summed E-state index contributed by atoms with van der Waals surface area (Å²) in [7, 11) is 0. The molecule has 0 fully saturated rings. The number of amides is 1. The summed E-state index contributed by atoms with van der Waals surface area (Å²) in [6, 6.07) is 9.50. The Bertz CT molecular complexity index is 765. The molecular weight excluding hydrogens is 316 g/mol. The van der Waals surface area contributed by atoms with E-state index in [4.69, 9.17) is 5.26 Å². The zero-order valence-electron chi connectivity index (χ0n) is 12.6. The Morgan fingerprint density at radius 2 is 1.88 bits per heavy atom. The maximum absolute atomic E-state index is 13.6. The molecule has 0 aliphatic rings. The number of benzene rings is 2. The van der Waals surface area contributed by atoms with Gasteiger partial charge in [-0.05, 0) is 36.8 Å². The van der Waals surface area contributed by atoms with Crippen molar-refractivity contribution in [3.63, 3.8) is 0 Å². The number of carbonyl (C=O) groups excluding carboxylic acids is 1. The van der Waals surface area contributed by atoms with E-state index in [0.717, 1.165) is 12.1 Å². The molecule has 0 saturated heterocycles. The first-order chi connectivity index (χ1) is 11.5. The number of nitrogens with zero attached hydrogens (tertiary/aromatic N) is 1. The van der Waals surface area contributed by atoms with E-state index in [9.17, 15) is 18.7 Å². The lowest BCUT2D eigenvalue weighted by atomic mass is 10.2. The van der Waals surface area contributed by atoms with Crippen molar-refractivity contribution in [3.8, 4) is 11.8 Å². The van der Waals surface area contributed by atoms with Gasteiger partial charge in [0.25, 0.3) is 5.91 Å². The molecule has 7 heteroatoms. The van der Waals surface area contributed by atoms with Crippen molar-refractivity contribution in [1.82, 2.24) is 5.32 Å². The van der Waals surface area contributed by atoms with Crippen LogP contribution in [-0.2, 0) is 0 Å². The van der Waals surface area contributed by atoms with Crippen LogP contribution in [0.4, 0.5) is 14.5 Å². The highest BCUT2D eigenvalue weighted by atomic mass is 19.1. The third-order valence-corrected chi connectivity index (χ3v) is 3.22. The van der Waals surface area contributed by atoms with Crippen LogP contribution >= 0.6 is 0 Å². The van der Waals surface area contributed by atoms with Gasteiger partial charge in [0.1, 0.15) is 11.4 Å². The Labute approximate surface area is 137 Å². The summed E-state index contributed by atoms with van der Waals surface area (Å²) < 4.78 is 27.3. The number of nitriles is 1. The molecule has 124 valence electrons. The standard InChI is InChI=1S/C17H15F2N3O2/c18-14-7-11(10-20)8-15(19)16(14)21-5-2-6-22-17(24)12-3-1-4-13(23)9-12/h1,3-4,7-9,21,23H,2,5-6H2,(H,22,24). The van der Waals surface area contributed by atoms with Crippen molar-refractivity contribution in [2.24, 2.45) is 0 Å². The zero-order chi connectivity index (χ0) is 17.5. The lowest BCUT2D eigenvalue weighted by Crippen LogP contribution is -2.25. The molecular formula is C17H15F2N3O2. The predicted molar refractivity (Wildman–Crippen MR) is 84.6 cm³/mol. The first-order valence-electron chi connectivity index (χ1n) is 7.21. The van der Waals surface area contributed by atoms with Crippen LogP contribution in [0.1, 0.15) is 22.3 Å². The molecule has 3 N–H and O–H groups in total. The largest absolute Gasteiger partial charge is 0.508 e. The summed E-state index contributed by atoms with van der Waals surface area (Å²) in [6.45, 7) is 0.529. The molecule has 24 heavy (non-hydrogen) atoms. The normalized spacial score (nSPS) is 10.0. The minimum atomic E-state index is -0.838. The smallest absolute Gasteiger partial charge is 0.251 e. The van der Waals surface area contributed by atoms with Gasteiger partial charge in [0, 0.05) is 18.7 Å². The minimum absolute atomic E-state index is 0.00363. The molecule has 0 bridgehead atoms. The molecule has 0 heterocycles. The summed E-state index contributed by atoms with van der Waals surface area (Å²) in [4.78, 5) is 11.8. The van der Waals surface area contributed by atoms with E-state index < -0.39 is 11.6 Å². The number of aromatic hydroxyl groups is 1. The fourth-order valence-electron chi connectivity index (χ4n) is 2.06. The van der Waals surface area contributed by atoms with Gasteiger partial charge in [0.15, 0.2) is 11.6 Å². The van der Waals surface area contributed by atoms with Gasteiger partial charge in [0.2, 0.25) is 0 Å². The number of halogens is 2. The molecule has 0 unspecified atom stereocenters. The van der Waals surface area contributed by atoms with Crippen LogP contribution in [0.2, 0.25) is 0 Å². The number of phenols is 1. The van der Waals surface area contributed by atoms with Gasteiger partial charge >= 0.3 is 0 Å². The highest BCUT2D eigenvalue weighted by Crippen LogP contribution is 2.20. The van der Waals surface area contributed by atoms with Crippen LogP contribution in [-0.4, -0.2) is 24.1 Å². The molecule has 1 amide bonds. The Morgan fingerprint density at radius 1 is 1.17 bits per heavy atom. The Balaban J connectivity index is 1.80. The van der Waals surface area contributed by atoms with Crippen LogP contribution in [0, 0.1) is 23.0 Å².